The summed E-state index contributed by atoms with van der Waals surface area (Å²) in [7, 11) is 0. The molecule has 0 fully saturated rings. The highest BCUT2D eigenvalue weighted by molar-refractivity contribution is 7.25. The second-order valence-corrected chi connectivity index (χ2v) is 16.7. The van der Waals surface area contributed by atoms with Crippen molar-refractivity contribution in [1.29, 1.82) is 0 Å². The lowest BCUT2D eigenvalue weighted by Gasteiger charge is -2.28. The van der Waals surface area contributed by atoms with E-state index in [1.165, 1.54) is 64.3 Å². The summed E-state index contributed by atoms with van der Waals surface area (Å²) in [5.41, 5.74) is 14.6. The first-order chi connectivity index (χ1) is 30.2. The molecule has 10 aromatic carbocycles. The summed E-state index contributed by atoms with van der Waals surface area (Å²) in [4.78, 5) is 2.41. The molecule has 0 amide bonds. The van der Waals surface area contributed by atoms with E-state index in [1.807, 2.05) is 23.5 Å². The van der Waals surface area contributed by atoms with Crippen molar-refractivity contribution in [3.8, 4) is 44.5 Å². The topological polar surface area (TPSA) is 16.4 Å². The van der Waals surface area contributed by atoms with Crippen molar-refractivity contribution in [2.45, 2.75) is 0 Å². The third-order valence-corrected chi connectivity index (χ3v) is 13.2. The molecule has 0 atom stereocenters. The van der Waals surface area contributed by atoms with Gasteiger partial charge in [0.05, 0.1) is 5.69 Å². The third-order valence-electron chi connectivity index (χ3n) is 12.1. The summed E-state index contributed by atoms with van der Waals surface area (Å²) in [6, 6.07) is 81.2. The van der Waals surface area contributed by atoms with E-state index >= 15 is 0 Å². The van der Waals surface area contributed by atoms with Gasteiger partial charge in [-0.15, -0.1) is 11.3 Å². The Labute approximate surface area is 357 Å². The minimum atomic E-state index is 0.899. The highest BCUT2D eigenvalue weighted by Crippen LogP contribution is 2.46. The Morgan fingerprint density at radius 3 is 1.72 bits per heavy atom. The van der Waals surface area contributed by atoms with Crippen molar-refractivity contribution >= 4 is 81.3 Å². The molecule has 2 heterocycles. The molecule has 0 aliphatic rings. The Hall–Kier alpha value is -7.72. The van der Waals surface area contributed by atoms with Crippen LogP contribution in [-0.2, 0) is 0 Å². The molecular formula is C58H37NOS. The van der Waals surface area contributed by atoms with Gasteiger partial charge in [0.1, 0.15) is 11.2 Å². The van der Waals surface area contributed by atoms with Gasteiger partial charge >= 0.3 is 0 Å². The number of fused-ring (bicyclic) bond motifs is 7. The van der Waals surface area contributed by atoms with Gasteiger partial charge in [-0.2, -0.15) is 0 Å². The average molecular weight is 796 g/mol. The number of thiophene rings is 1. The molecule has 286 valence electrons. The summed E-state index contributed by atoms with van der Waals surface area (Å²) in [6.07, 6.45) is 0. The van der Waals surface area contributed by atoms with Crippen LogP contribution in [0.5, 0.6) is 0 Å². The van der Waals surface area contributed by atoms with Gasteiger partial charge in [0.15, 0.2) is 0 Å². The van der Waals surface area contributed by atoms with Crippen LogP contribution >= 0.6 is 11.3 Å². The van der Waals surface area contributed by atoms with Gasteiger partial charge < -0.3 is 9.32 Å². The van der Waals surface area contributed by atoms with E-state index in [1.54, 1.807) is 0 Å². The van der Waals surface area contributed by atoms with Crippen LogP contribution in [0, 0.1) is 0 Å². The monoisotopic (exact) mass is 795 g/mol. The number of para-hydroxylation sites is 2. The molecule has 12 aromatic rings. The zero-order valence-corrected chi connectivity index (χ0v) is 33.9. The quantitative estimate of drug-likeness (QED) is 0.160. The number of rotatable bonds is 7. The number of anilines is 3. The minimum Gasteiger partial charge on any atom is -0.456 e. The number of benzene rings is 10. The maximum atomic E-state index is 6.28. The molecule has 0 spiro atoms. The smallest absolute Gasteiger partial charge is 0.136 e. The molecule has 12 rings (SSSR count). The molecule has 0 aliphatic heterocycles. The van der Waals surface area contributed by atoms with Gasteiger partial charge in [0.2, 0.25) is 0 Å². The standard InChI is InChI=1S/C58H37NOS/c1-2-16-46-40(12-1)13-10-20-47(46)43-15-9-14-41(36-43)38-26-31-44(32-27-38)59(45-33-28-39(29-34-45)42-30-35-50-49-18-4-7-23-54(49)60-55(50)37-42)53-22-6-3-17-48(53)51-21-11-25-57-58(51)52-19-5-8-24-56(52)61-57/h1-37H. The fraction of sp³-hybridized carbons (Fsp3) is 0. The first-order valence-electron chi connectivity index (χ1n) is 20.7. The number of nitrogens with zero attached hydrogens (tertiary/aromatic N) is 1. The molecule has 0 unspecified atom stereocenters. The van der Waals surface area contributed by atoms with Crippen molar-refractivity contribution < 1.29 is 4.42 Å². The summed E-state index contributed by atoms with van der Waals surface area (Å²) >= 11 is 1.86. The van der Waals surface area contributed by atoms with Crippen LogP contribution in [-0.4, -0.2) is 0 Å². The molecule has 0 radical (unpaired) electrons. The maximum Gasteiger partial charge on any atom is 0.136 e. The fourth-order valence-electron chi connectivity index (χ4n) is 9.18. The minimum absolute atomic E-state index is 0.899. The SMILES string of the molecule is c1cc(-c2ccc(N(c3ccc(-c4ccc5c(c4)oc4ccccc45)cc3)c3ccccc3-c3cccc4sc5ccccc5c34)cc2)cc(-c2cccc3ccccc23)c1. The Morgan fingerprint density at radius 1 is 0.328 bits per heavy atom. The molecule has 2 nitrogen and oxygen atoms in total. The van der Waals surface area contributed by atoms with E-state index in [9.17, 15) is 0 Å². The van der Waals surface area contributed by atoms with E-state index in [0.717, 1.165) is 50.1 Å². The van der Waals surface area contributed by atoms with E-state index < -0.39 is 0 Å². The van der Waals surface area contributed by atoms with E-state index in [2.05, 4.69) is 217 Å². The molecule has 2 aromatic heterocycles. The summed E-state index contributed by atoms with van der Waals surface area (Å²) in [5.74, 6) is 0. The first-order valence-corrected chi connectivity index (χ1v) is 21.6. The fourth-order valence-corrected chi connectivity index (χ4v) is 10.3. The van der Waals surface area contributed by atoms with E-state index in [4.69, 9.17) is 4.42 Å². The average Bonchev–Trinajstić information content (AvgIpc) is 3.90. The van der Waals surface area contributed by atoms with Crippen molar-refractivity contribution in [3.05, 3.63) is 224 Å². The third kappa shape index (κ3) is 6.09. The molecule has 0 saturated carbocycles. The van der Waals surface area contributed by atoms with Crippen molar-refractivity contribution in [1.82, 2.24) is 0 Å². The first kappa shape index (κ1) is 35.2. The van der Waals surface area contributed by atoms with Crippen LogP contribution < -0.4 is 4.90 Å². The van der Waals surface area contributed by atoms with E-state index in [-0.39, 0.29) is 0 Å². The number of hydrogen-bond acceptors (Lipinski definition) is 3. The molecule has 0 bridgehead atoms. The summed E-state index contributed by atoms with van der Waals surface area (Å²) < 4.78 is 8.87. The zero-order chi connectivity index (χ0) is 40.3. The lowest BCUT2D eigenvalue weighted by Crippen LogP contribution is -2.11. The summed E-state index contributed by atoms with van der Waals surface area (Å²) in [6.45, 7) is 0. The lowest BCUT2D eigenvalue weighted by atomic mass is 9.95. The highest BCUT2D eigenvalue weighted by Gasteiger charge is 2.20. The van der Waals surface area contributed by atoms with E-state index in [0.29, 0.717) is 0 Å². The van der Waals surface area contributed by atoms with Crippen LogP contribution in [0.3, 0.4) is 0 Å². The predicted octanol–water partition coefficient (Wildman–Crippen LogP) is 17.2. The molecule has 3 heteroatoms. The maximum absolute atomic E-state index is 6.28. The largest absolute Gasteiger partial charge is 0.456 e. The molecular weight excluding hydrogens is 759 g/mol. The second kappa shape index (κ2) is 14.5. The molecule has 0 aliphatic carbocycles. The molecule has 61 heavy (non-hydrogen) atoms. The highest BCUT2D eigenvalue weighted by atomic mass is 32.1. The number of furan rings is 1. The number of hydrogen-bond donors (Lipinski definition) is 0. The zero-order valence-electron chi connectivity index (χ0n) is 33.1. The van der Waals surface area contributed by atoms with Crippen LogP contribution in [0.25, 0.3) is 97.4 Å². The molecule has 0 N–H and O–H groups in total. The van der Waals surface area contributed by atoms with Crippen LogP contribution in [0.2, 0.25) is 0 Å². The lowest BCUT2D eigenvalue weighted by molar-refractivity contribution is 0.669. The Bertz CT molecular complexity index is 3590. The normalized spacial score (nSPS) is 11.6. The van der Waals surface area contributed by atoms with Crippen LogP contribution in [0.15, 0.2) is 229 Å². The van der Waals surface area contributed by atoms with Gasteiger partial charge in [-0.25, -0.2) is 0 Å². The Balaban J connectivity index is 0.976. The van der Waals surface area contributed by atoms with Crippen molar-refractivity contribution in [3.63, 3.8) is 0 Å². The van der Waals surface area contributed by atoms with Gasteiger partial charge in [0.25, 0.3) is 0 Å². The Morgan fingerprint density at radius 2 is 0.885 bits per heavy atom. The van der Waals surface area contributed by atoms with Gasteiger partial charge in [-0.1, -0.05) is 158 Å². The summed E-state index contributed by atoms with van der Waals surface area (Å²) in [5, 5.41) is 7.38. The van der Waals surface area contributed by atoms with Crippen molar-refractivity contribution in [2.24, 2.45) is 0 Å². The van der Waals surface area contributed by atoms with Crippen LogP contribution in [0.1, 0.15) is 0 Å². The molecule has 0 saturated heterocycles. The predicted molar refractivity (Wildman–Crippen MR) is 261 cm³/mol. The Kier molecular flexibility index (Phi) is 8.39. The van der Waals surface area contributed by atoms with Gasteiger partial charge in [0, 0.05) is 47.9 Å². The second-order valence-electron chi connectivity index (χ2n) is 15.6. The van der Waals surface area contributed by atoms with Gasteiger partial charge in [-0.3, -0.25) is 0 Å². The van der Waals surface area contributed by atoms with Gasteiger partial charge in [-0.05, 0) is 116 Å². The van der Waals surface area contributed by atoms with Crippen LogP contribution in [0.4, 0.5) is 17.1 Å². The van der Waals surface area contributed by atoms with Crippen molar-refractivity contribution in [2.75, 3.05) is 4.90 Å².